The Bertz CT molecular complexity index is 900. The summed E-state index contributed by atoms with van der Waals surface area (Å²) in [7, 11) is 0. The van der Waals surface area contributed by atoms with Crippen LogP contribution < -0.4 is 5.56 Å². The summed E-state index contributed by atoms with van der Waals surface area (Å²) < 4.78 is 7.09. The maximum Gasteiger partial charge on any atom is 0.275 e. The van der Waals surface area contributed by atoms with E-state index in [2.05, 4.69) is 10.00 Å². The number of aromatic nitrogens is 3. The minimum Gasteiger partial charge on any atom is -0.468 e. The van der Waals surface area contributed by atoms with Gasteiger partial charge >= 0.3 is 0 Å². The van der Waals surface area contributed by atoms with E-state index in [1.54, 1.807) is 12.3 Å². The zero-order valence-electron chi connectivity index (χ0n) is 14.4. The second-order valence-corrected chi connectivity index (χ2v) is 7.52. The van der Waals surface area contributed by atoms with Gasteiger partial charge in [0.1, 0.15) is 10.8 Å². The summed E-state index contributed by atoms with van der Waals surface area (Å²) in [6.45, 7) is 3.70. The molecule has 132 valence electrons. The third kappa shape index (κ3) is 3.39. The van der Waals surface area contributed by atoms with E-state index in [-0.39, 0.29) is 11.6 Å². The van der Waals surface area contributed by atoms with Crippen LogP contribution in [0.4, 0.5) is 0 Å². The van der Waals surface area contributed by atoms with Crippen LogP contribution in [0.1, 0.15) is 55.1 Å². The molecule has 1 saturated heterocycles. The van der Waals surface area contributed by atoms with Gasteiger partial charge in [-0.25, -0.2) is 4.98 Å². The van der Waals surface area contributed by atoms with E-state index in [4.69, 9.17) is 9.40 Å². The average molecular weight is 358 g/mol. The van der Waals surface area contributed by atoms with E-state index in [1.807, 2.05) is 19.1 Å². The van der Waals surface area contributed by atoms with Crippen molar-refractivity contribution in [2.75, 3.05) is 6.54 Å². The second kappa shape index (κ2) is 7.09. The Labute approximate surface area is 150 Å². The van der Waals surface area contributed by atoms with Crippen LogP contribution in [0.15, 0.2) is 33.7 Å². The molecule has 1 fully saturated rings. The molecule has 3 aromatic rings. The molecule has 0 radical (unpaired) electrons. The van der Waals surface area contributed by atoms with Crippen LogP contribution in [0.5, 0.6) is 0 Å². The third-order valence-corrected chi connectivity index (χ3v) is 5.80. The molecule has 3 aromatic heterocycles. The van der Waals surface area contributed by atoms with Gasteiger partial charge in [0.15, 0.2) is 0 Å². The van der Waals surface area contributed by atoms with Crippen molar-refractivity contribution < 1.29 is 4.42 Å². The van der Waals surface area contributed by atoms with Crippen LogP contribution in [-0.2, 0) is 13.0 Å². The maximum absolute atomic E-state index is 12.4. The molecule has 4 heterocycles. The molecule has 0 N–H and O–H groups in total. The lowest BCUT2D eigenvalue weighted by atomic mass is 10.1. The first-order chi connectivity index (χ1) is 12.2. The first-order valence-electron chi connectivity index (χ1n) is 8.90. The smallest absolute Gasteiger partial charge is 0.275 e. The van der Waals surface area contributed by atoms with Crippen molar-refractivity contribution in [1.29, 1.82) is 0 Å². The van der Waals surface area contributed by atoms with E-state index in [1.165, 1.54) is 35.1 Å². The normalized spacial score (nSPS) is 19.3. The van der Waals surface area contributed by atoms with Gasteiger partial charge in [-0.05, 0) is 37.9 Å². The van der Waals surface area contributed by atoms with Crippen LogP contribution in [0.2, 0.25) is 0 Å². The number of hydrogen-bond acceptors (Lipinski definition) is 6. The van der Waals surface area contributed by atoms with Crippen molar-refractivity contribution in [3.05, 3.63) is 51.3 Å². The summed E-state index contributed by atoms with van der Waals surface area (Å²) in [4.78, 5) is 20.1. The lowest BCUT2D eigenvalue weighted by molar-refractivity contribution is 0.167. The number of likely N-dealkylation sites (tertiary alicyclic amines) is 1. The summed E-state index contributed by atoms with van der Waals surface area (Å²) in [6.07, 6.45) is 7.23. The highest BCUT2D eigenvalue weighted by Crippen LogP contribution is 2.31. The molecule has 1 aliphatic heterocycles. The van der Waals surface area contributed by atoms with Gasteiger partial charge in [-0.15, -0.1) is 0 Å². The number of nitrogens with zero attached hydrogens (tertiary/aromatic N) is 4. The second-order valence-electron chi connectivity index (χ2n) is 6.48. The largest absolute Gasteiger partial charge is 0.468 e. The van der Waals surface area contributed by atoms with Gasteiger partial charge in [0.25, 0.3) is 5.56 Å². The average Bonchev–Trinajstić information content (AvgIpc) is 3.22. The molecule has 6 nitrogen and oxygen atoms in total. The fourth-order valence-corrected chi connectivity index (χ4v) is 4.35. The molecule has 0 aromatic carbocycles. The van der Waals surface area contributed by atoms with Crippen molar-refractivity contribution in [3.63, 3.8) is 0 Å². The van der Waals surface area contributed by atoms with E-state index < -0.39 is 0 Å². The molecule has 0 saturated carbocycles. The SMILES string of the molecule is CCc1nn2c(=O)cc(CN3CCCCCC3c3ccco3)nc2s1. The van der Waals surface area contributed by atoms with Gasteiger partial charge in [-0.1, -0.05) is 31.1 Å². The molecule has 0 bridgehead atoms. The standard InChI is InChI=1S/C18H22N4O2S/c1-2-16-20-22-17(23)11-13(19-18(22)25-16)12-21-9-5-3-4-7-14(21)15-8-6-10-24-15/h6,8,10-11,14H,2-5,7,9,12H2,1H3. The molecule has 0 amide bonds. The zero-order chi connectivity index (χ0) is 17.2. The van der Waals surface area contributed by atoms with Gasteiger partial charge in [-0.2, -0.15) is 9.61 Å². The molecule has 1 atom stereocenters. The molecule has 1 aliphatic rings. The first kappa shape index (κ1) is 16.5. The Hall–Kier alpha value is -1.99. The van der Waals surface area contributed by atoms with Crippen LogP contribution in [0.3, 0.4) is 0 Å². The lowest BCUT2D eigenvalue weighted by Gasteiger charge is -2.28. The minimum absolute atomic E-state index is 0.0969. The number of rotatable bonds is 4. The van der Waals surface area contributed by atoms with E-state index in [9.17, 15) is 4.79 Å². The van der Waals surface area contributed by atoms with E-state index >= 15 is 0 Å². The molecule has 4 rings (SSSR count). The van der Waals surface area contributed by atoms with Crippen molar-refractivity contribution in [3.8, 4) is 0 Å². The van der Waals surface area contributed by atoms with Crippen molar-refractivity contribution >= 4 is 16.3 Å². The Kier molecular flexibility index (Phi) is 4.67. The van der Waals surface area contributed by atoms with Crippen molar-refractivity contribution in [1.82, 2.24) is 19.5 Å². The molecular formula is C18H22N4O2S. The summed E-state index contributed by atoms with van der Waals surface area (Å²) in [6, 6.07) is 5.87. The fraction of sp³-hybridized carbons (Fsp3) is 0.500. The van der Waals surface area contributed by atoms with Crippen molar-refractivity contribution in [2.45, 2.75) is 51.6 Å². The summed E-state index contributed by atoms with van der Waals surface area (Å²) in [5.74, 6) is 1.01. The van der Waals surface area contributed by atoms with Gasteiger partial charge < -0.3 is 4.42 Å². The van der Waals surface area contributed by atoms with Gasteiger partial charge in [0.2, 0.25) is 4.96 Å². The Balaban J connectivity index is 1.64. The van der Waals surface area contributed by atoms with E-state index in [0.29, 0.717) is 11.5 Å². The topological polar surface area (TPSA) is 63.6 Å². The predicted octanol–water partition coefficient (Wildman–Crippen LogP) is 3.42. The van der Waals surface area contributed by atoms with Crippen LogP contribution in [0.25, 0.3) is 4.96 Å². The summed E-state index contributed by atoms with van der Waals surface area (Å²) in [5.41, 5.74) is 0.718. The highest BCUT2D eigenvalue weighted by molar-refractivity contribution is 7.16. The van der Waals surface area contributed by atoms with Crippen LogP contribution >= 0.6 is 11.3 Å². The molecular weight excluding hydrogens is 336 g/mol. The third-order valence-electron chi connectivity index (χ3n) is 4.74. The highest BCUT2D eigenvalue weighted by Gasteiger charge is 2.25. The van der Waals surface area contributed by atoms with Crippen molar-refractivity contribution in [2.24, 2.45) is 0 Å². The number of fused-ring (bicyclic) bond motifs is 1. The highest BCUT2D eigenvalue weighted by atomic mass is 32.1. The number of hydrogen-bond donors (Lipinski definition) is 0. The number of furan rings is 1. The van der Waals surface area contributed by atoms with E-state index in [0.717, 1.165) is 35.8 Å². The quantitative estimate of drug-likeness (QED) is 0.715. The van der Waals surface area contributed by atoms with Crippen LogP contribution in [0, 0.1) is 0 Å². The Morgan fingerprint density at radius 3 is 3.08 bits per heavy atom. The number of aryl methyl sites for hydroxylation is 1. The summed E-state index contributed by atoms with van der Waals surface area (Å²) >= 11 is 1.49. The van der Waals surface area contributed by atoms with Gasteiger partial charge in [-0.3, -0.25) is 9.69 Å². The molecule has 1 unspecified atom stereocenters. The molecule has 0 aliphatic carbocycles. The zero-order valence-corrected chi connectivity index (χ0v) is 15.2. The lowest BCUT2D eigenvalue weighted by Crippen LogP contribution is -2.29. The monoisotopic (exact) mass is 358 g/mol. The molecule has 7 heteroatoms. The molecule has 25 heavy (non-hydrogen) atoms. The minimum atomic E-state index is -0.0969. The van der Waals surface area contributed by atoms with Gasteiger partial charge in [0.05, 0.1) is 18.0 Å². The Morgan fingerprint density at radius 1 is 1.36 bits per heavy atom. The molecule has 0 spiro atoms. The predicted molar refractivity (Wildman–Crippen MR) is 96.8 cm³/mol. The maximum atomic E-state index is 12.4. The fourth-order valence-electron chi connectivity index (χ4n) is 3.49. The Morgan fingerprint density at radius 2 is 2.28 bits per heavy atom. The van der Waals surface area contributed by atoms with Crippen LogP contribution in [-0.4, -0.2) is 26.0 Å². The first-order valence-corrected chi connectivity index (χ1v) is 9.72. The summed E-state index contributed by atoms with van der Waals surface area (Å²) in [5, 5.41) is 5.26. The van der Waals surface area contributed by atoms with Gasteiger partial charge in [0, 0.05) is 12.6 Å².